The monoisotopic (exact) mass is 559 g/mol. The molecule has 1 aliphatic heterocycles. The van der Waals surface area contributed by atoms with Crippen molar-refractivity contribution in [3.05, 3.63) is 53.1 Å². The number of carbonyl (C=O) groups is 4. The van der Waals surface area contributed by atoms with E-state index >= 15 is 0 Å². The van der Waals surface area contributed by atoms with Crippen molar-refractivity contribution in [1.82, 2.24) is 0 Å². The first kappa shape index (κ1) is 29.4. The maximum absolute atomic E-state index is 12.0. The molecule has 0 radical (unpaired) electrons. The Hall–Kier alpha value is -4.14. The van der Waals surface area contributed by atoms with Gasteiger partial charge in [0.1, 0.15) is 18.5 Å². The molecule has 0 spiro atoms. The predicted molar refractivity (Wildman–Crippen MR) is 134 cm³/mol. The molecule has 0 aromatic heterocycles. The van der Waals surface area contributed by atoms with E-state index in [0.29, 0.717) is 5.56 Å². The second-order valence-corrected chi connectivity index (χ2v) is 8.93. The van der Waals surface area contributed by atoms with Gasteiger partial charge in [-0.1, -0.05) is 29.8 Å². The molecule has 2 aromatic rings. The molecule has 1 saturated heterocycles. The van der Waals surface area contributed by atoms with Crippen LogP contribution in [0.2, 0.25) is 5.02 Å². The number of hydrogen-bond donors (Lipinski definition) is 0. The fraction of sp³-hybridized carbons (Fsp3) is 0.370. The van der Waals surface area contributed by atoms with Crippen LogP contribution < -0.4 is 4.74 Å². The predicted octanol–water partition coefficient (Wildman–Crippen LogP) is 3.34. The molecule has 206 valence electrons. The molecule has 3 rings (SSSR count). The Morgan fingerprint density at radius 1 is 0.821 bits per heavy atom. The van der Waals surface area contributed by atoms with Crippen molar-refractivity contribution < 1.29 is 47.6 Å². The van der Waals surface area contributed by atoms with E-state index in [0.717, 1.165) is 31.9 Å². The number of nitriles is 1. The lowest BCUT2D eigenvalue weighted by atomic mass is 9.98. The normalized spacial score (nSPS) is 22.1. The van der Waals surface area contributed by atoms with E-state index in [4.69, 9.17) is 45.3 Å². The van der Waals surface area contributed by atoms with Crippen molar-refractivity contribution in [2.24, 2.45) is 0 Å². The number of benzene rings is 2. The first-order valence-electron chi connectivity index (χ1n) is 11.8. The first-order chi connectivity index (χ1) is 18.5. The van der Waals surface area contributed by atoms with Gasteiger partial charge in [-0.25, -0.2) is 0 Å². The van der Waals surface area contributed by atoms with Gasteiger partial charge in [-0.3, -0.25) is 19.2 Å². The van der Waals surface area contributed by atoms with Crippen LogP contribution in [0.25, 0.3) is 11.1 Å². The summed E-state index contributed by atoms with van der Waals surface area (Å²) in [6.07, 6.45) is -6.63. The maximum Gasteiger partial charge on any atom is 0.303 e. The molecule has 0 amide bonds. The third kappa shape index (κ3) is 7.92. The summed E-state index contributed by atoms with van der Waals surface area (Å²) in [4.78, 5) is 47.3. The van der Waals surface area contributed by atoms with Crippen molar-refractivity contribution in [2.45, 2.75) is 58.4 Å². The lowest BCUT2D eigenvalue weighted by Crippen LogP contribution is -2.63. The van der Waals surface area contributed by atoms with Crippen LogP contribution in [0.1, 0.15) is 33.3 Å². The van der Waals surface area contributed by atoms with Crippen LogP contribution in [0.4, 0.5) is 0 Å². The Bertz CT molecular complexity index is 1270. The SMILES string of the molecule is CC(=O)OCC1O[C@H](Oc2ccc(-c3ccc(C#N)cc3)cc2Cl)[C@H](OC(C)=O)C(OC(C)=O)[C@@H]1OC(C)=O. The molecule has 5 atom stereocenters. The van der Waals surface area contributed by atoms with Crippen molar-refractivity contribution in [3.63, 3.8) is 0 Å². The third-order valence-corrected chi connectivity index (χ3v) is 5.77. The van der Waals surface area contributed by atoms with Gasteiger partial charge >= 0.3 is 23.9 Å². The maximum atomic E-state index is 12.0. The molecule has 0 N–H and O–H groups in total. The molecule has 2 aromatic carbocycles. The fourth-order valence-corrected chi connectivity index (χ4v) is 4.15. The summed E-state index contributed by atoms with van der Waals surface area (Å²) in [7, 11) is 0. The minimum absolute atomic E-state index is 0.134. The zero-order valence-corrected chi connectivity index (χ0v) is 22.3. The topological polar surface area (TPSA) is 147 Å². The van der Waals surface area contributed by atoms with E-state index in [9.17, 15) is 19.2 Å². The molecular weight excluding hydrogens is 534 g/mol. The van der Waals surface area contributed by atoms with Gasteiger partial charge in [0.25, 0.3) is 0 Å². The molecule has 0 bridgehead atoms. The number of nitrogens with zero attached hydrogens (tertiary/aromatic N) is 1. The largest absolute Gasteiger partial charge is 0.463 e. The summed E-state index contributed by atoms with van der Waals surface area (Å²) < 4.78 is 33.1. The quantitative estimate of drug-likeness (QED) is 0.346. The Morgan fingerprint density at radius 2 is 1.38 bits per heavy atom. The summed E-state index contributed by atoms with van der Waals surface area (Å²) in [5.74, 6) is -2.75. The Morgan fingerprint density at radius 3 is 1.92 bits per heavy atom. The van der Waals surface area contributed by atoms with E-state index in [1.807, 2.05) is 0 Å². The molecule has 0 aliphatic carbocycles. The van der Waals surface area contributed by atoms with E-state index < -0.39 is 54.6 Å². The van der Waals surface area contributed by atoms with Crippen molar-refractivity contribution >= 4 is 35.5 Å². The van der Waals surface area contributed by atoms with E-state index in [2.05, 4.69) is 6.07 Å². The lowest BCUT2D eigenvalue weighted by molar-refractivity contribution is -0.288. The summed E-state index contributed by atoms with van der Waals surface area (Å²) in [5, 5.41) is 9.18. The zero-order valence-electron chi connectivity index (χ0n) is 21.5. The lowest BCUT2D eigenvalue weighted by Gasteiger charge is -2.44. The third-order valence-electron chi connectivity index (χ3n) is 5.47. The van der Waals surface area contributed by atoms with Crippen LogP contribution in [0.3, 0.4) is 0 Å². The number of hydrogen-bond acceptors (Lipinski definition) is 11. The minimum atomic E-state index is -1.41. The summed E-state index contributed by atoms with van der Waals surface area (Å²) >= 11 is 6.50. The van der Waals surface area contributed by atoms with Crippen molar-refractivity contribution in [1.29, 1.82) is 5.26 Å². The van der Waals surface area contributed by atoms with Crippen molar-refractivity contribution in [2.75, 3.05) is 6.61 Å². The highest BCUT2D eigenvalue weighted by molar-refractivity contribution is 6.32. The van der Waals surface area contributed by atoms with Crippen LogP contribution in [0, 0.1) is 11.3 Å². The number of ether oxygens (including phenoxy) is 6. The number of halogens is 1. The van der Waals surface area contributed by atoms with Gasteiger partial charge < -0.3 is 28.4 Å². The average Bonchev–Trinajstić information content (AvgIpc) is 2.86. The highest BCUT2D eigenvalue weighted by Crippen LogP contribution is 2.35. The smallest absolute Gasteiger partial charge is 0.303 e. The van der Waals surface area contributed by atoms with E-state index in [1.54, 1.807) is 42.5 Å². The highest BCUT2D eigenvalue weighted by Gasteiger charge is 2.53. The van der Waals surface area contributed by atoms with Crippen LogP contribution in [-0.2, 0) is 42.9 Å². The summed E-state index contributed by atoms with van der Waals surface area (Å²) in [6.45, 7) is 4.18. The van der Waals surface area contributed by atoms with Gasteiger partial charge in [0.2, 0.25) is 12.4 Å². The fourth-order valence-electron chi connectivity index (χ4n) is 3.92. The summed E-state index contributed by atoms with van der Waals surface area (Å²) in [6, 6.07) is 13.8. The van der Waals surface area contributed by atoms with Gasteiger partial charge in [-0.05, 0) is 35.4 Å². The van der Waals surface area contributed by atoms with Crippen LogP contribution in [0.5, 0.6) is 5.75 Å². The van der Waals surface area contributed by atoms with Gasteiger partial charge in [-0.2, -0.15) is 5.26 Å². The van der Waals surface area contributed by atoms with Crippen LogP contribution in [-0.4, -0.2) is 61.2 Å². The number of carbonyl (C=O) groups excluding carboxylic acids is 4. The van der Waals surface area contributed by atoms with Gasteiger partial charge in [0, 0.05) is 27.7 Å². The number of esters is 4. The highest BCUT2D eigenvalue weighted by atomic mass is 35.5. The van der Waals surface area contributed by atoms with Gasteiger partial charge in [0.05, 0.1) is 16.7 Å². The molecular formula is C27H26ClNO10. The number of rotatable bonds is 8. The average molecular weight is 560 g/mol. The molecule has 1 fully saturated rings. The molecule has 0 saturated carbocycles. The van der Waals surface area contributed by atoms with Crippen molar-refractivity contribution in [3.8, 4) is 22.9 Å². The zero-order chi connectivity index (χ0) is 28.7. The molecule has 2 unspecified atom stereocenters. The minimum Gasteiger partial charge on any atom is -0.463 e. The Balaban J connectivity index is 1.97. The first-order valence-corrected chi connectivity index (χ1v) is 12.1. The van der Waals surface area contributed by atoms with Crippen LogP contribution in [0.15, 0.2) is 42.5 Å². The van der Waals surface area contributed by atoms with Gasteiger partial charge in [-0.15, -0.1) is 0 Å². The molecule has 1 aliphatic rings. The molecule has 39 heavy (non-hydrogen) atoms. The Labute approximate surface area is 229 Å². The second kappa shape index (κ2) is 13.1. The Kier molecular flexibility index (Phi) is 9.87. The van der Waals surface area contributed by atoms with E-state index in [1.165, 1.54) is 6.92 Å². The van der Waals surface area contributed by atoms with Gasteiger partial charge in [0.15, 0.2) is 12.2 Å². The molecule has 11 nitrogen and oxygen atoms in total. The summed E-state index contributed by atoms with van der Waals surface area (Å²) in [5.41, 5.74) is 2.04. The van der Waals surface area contributed by atoms with Crippen LogP contribution >= 0.6 is 11.6 Å². The van der Waals surface area contributed by atoms with E-state index in [-0.39, 0.29) is 17.4 Å². The standard InChI is InChI=1S/C27H26ClNO10/c1-14(30)34-13-23-24(35-15(2)31)25(36-16(3)32)26(37-17(4)33)27(39-23)38-22-10-9-20(11-21(22)28)19-7-5-18(12-29)6-8-19/h5-11,23-27H,13H2,1-4H3/t23?,24-,25?,26-,27+/m1/s1. The molecule has 1 heterocycles. The molecule has 12 heteroatoms. The second-order valence-electron chi connectivity index (χ2n) is 8.52.